The van der Waals surface area contributed by atoms with Crippen LogP contribution in [-0.2, 0) is 9.53 Å². The second-order valence-corrected chi connectivity index (χ2v) is 13.6. The van der Waals surface area contributed by atoms with Crippen molar-refractivity contribution in [2.24, 2.45) is 5.92 Å². The first-order chi connectivity index (χ1) is 19.3. The van der Waals surface area contributed by atoms with Gasteiger partial charge in [0, 0.05) is 54.1 Å². The first kappa shape index (κ1) is 26.2. The first-order valence-electron chi connectivity index (χ1n) is 14.8. The molecule has 0 atom stereocenters. The number of likely N-dealkylation sites (tertiary alicyclic amines) is 1. The summed E-state index contributed by atoms with van der Waals surface area (Å²) in [5.41, 5.74) is 8.45. The molecular formula is C31H40N6O2S. The lowest BCUT2D eigenvalue weighted by Gasteiger charge is -2.50. The van der Waals surface area contributed by atoms with E-state index in [9.17, 15) is 4.79 Å². The van der Waals surface area contributed by atoms with Gasteiger partial charge in [0.05, 0.1) is 17.9 Å². The number of hydrogen-bond donors (Lipinski definition) is 2. The molecule has 0 bridgehead atoms. The van der Waals surface area contributed by atoms with Gasteiger partial charge in [0.2, 0.25) is 5.91 Å². The predicted molar refractivity (Wildman–Crippen MR) is 159 cm³/mol. The van der Waals surface area contributed by atoms with Crippen LogP contribution >= 0.6 is 11.3 Å². The summed E-state index contributed by atoms with van der Waals surface area (Å²) in [5, 5.41) is 9.25. The van der Waals surface area contributed by atoms with Crippen molar-refractivity contribution in [2.75, 3.05) is 32.8 Å². The Labute approximate surface area is 239 Å². The molecule has 0 unspecified atom stereocenters. The standard InChI is InChI=1S/C31H40N6O2S/c1-17(2)24-25-20(5)27(40-29(25)35-26(24)23-14-37-28(33-16-34-37)19(4)18(23)3)21-6-9-36(10-7-21)30(38)22-12-31(13-22)15-32-8-11-39-31/h14,16-17,21-22,32,35H,6-13,15H2,1-5H3. The van der Waals surface area contributed by atoms with Crippen LogP contribution in [0.15, 0.2) is 12.5 Å². The van der Waals surface area contributed by atoms with Crippen LogP contribution in [0.5, 0.6) is 0 Å². The summed E-state index contributed by atoms with van der Waals surface area (Å²) in [6, 6.07) is 0. The van der Waals surface area contributed by atoms with Crippen LogP contribution in [-0.4, -0.2) is 68.8 Å². The molecule has 0 aromatic carbocycles. The molecule has 2 aliphatic heterocycles. The number of rotatable bonds is 4. The number of aromatic nitrogens is 4. The Morgan fingerprint density at radius 2 is 1.93 bits per heavy atom. The highest BCUT2D eigenvalue weighted by atomic mass is 32.1. The van der Waals surface area contributed by atoms with E-state index in [4.69, 9.17) is 4.74 Å². The van der Waals surface area contributed by atoms with E-state index in [0.717, 1.165) is 64.1 Å². The van der Waals surface area contributed by atoms with E-state index in [1.807, 2.05) is 15.9 Å². The number of hydrogen-bond acceptors (Lipinski definition) is 6. The lowest BCUT2D eigenvalue weighted by atomic mass is 9.69. The predicted octanol–water partition coefficient (Wildman–Crippen LogP) is 5.46. The number of aryl methyl sites for hydroxylation is 2. The largest absolute Gasteiger partial charge is 0.372 e. The number of morpholine rings is 1. The van der Waals surface area contributed by atoms with Gasteiger partial charge in [-0.05, 0) is 80.5 Å². The van der Waals surface area contributed by atoms with Crippen molar-refractivity contribution in [2.45, 2.75) is 77.7 Å². The second kappa shape index (κ2) is 9.67. The number of aromatic amines is 1. The summed E-state index contributed by atoms with van der Waals surface area (Å²) in [4.78, 5) is 26.4. The highest BCUT2D eigenvalue weighted by molar-refractivity contribution is 7.19. The number of carbonyl (C=O) groups is 1. The van der Waals surface area contributed by atoms with Crippen LogP contribution in [0.3, 0.4) is 0 Å². The zero-order valence-corrected chi connectivity index (χ0v) is 25.1. The zero-order valence-electron chi connectivity index (χ0n) is 24.3. The molecule has 9 heteroatoms. The van der Waals surface area contributed by atoms with Gasteiger partial charge >= 0.3 is 0 Å². The van der Waals surface area contributed by atoms with E-state index in [1.165, 1.54) is 48.6 Å². The normalized spacial score (nSPS) is 24.1. The van der Waals surface area contributed by atoms with Crippen LogP contribution < -0.4 is 5.32 Å². The maximum atomic E-state index is 13.3. The Hall–Kier alpha value is -2.75. The molecule has 3 fully saturated rings. The van der Waals surface area contributed by atoms with Gasteiger partial charge in [0.1, 0.15) is 11.2 Å². The molecule has 40 heavy (non-hydrogen) atoms. The van der Waals surface area contributed by atoms with E-state index >= 15 is 0 Å². The number of piperidine rings is 1. The lowest BCUT2D eigenvalue weighted by Crippen LogP contribution is -2.60. The van der Waals surface area contributed by atoms with Gasteiger partial charge in [0.25, 0.3) is 0 Å². The fourth-order valence-electron chi connectivity index (χ4n) is 7.48. The topological polar surface area (TPSA) is 87.5 Å². The minimum Gasteiger partial charge on any atom is -0.372 e. The molecule has 1 aliphatic carbocycles. The minimum atomic E-state index is -0.0860. The van der Waals surface area contributed by atoms with Gasteiger partial charge in [-0.2, -0.15) is 5.10 Å². The van der Waals surface area contributed by atoms with Crippen LogP contribution in [0, 0.1) is 26.7 Å². The Kier molecular flexibility index (Phi) is 6.33. The van der Waals surface area contributed by atoms with Gasteiger partial charge in [-0.15, -0.1) is 11.3 Å². The van der Waals surface area contributed by atoms with Crippen LogP contribution in [0.4, 0.5) is 0 Å². The molecule has 1 spiro atoms. The van der Waals surface area contributed by atoms with E-state index in [0.29, 0.717) is 17.7 Å². The monoisotopic (exact) mass is 560 g/mol. The average molecular weight is 561 g/mol. The SMILES string of the molecule is Cc1c(-c2[nH]c3sc(C4CCN(C(=O)C5CC6(CNCCO6)C5)CC4)c(C)c3c2C(C)C)cn2ncnc2c1C. The average Bonchev–Trinajstić information content (AvgIpc) is 3.64. The van der Waals surface area contributed by atoms with Gasteiger partial charge in [0.15, 0.2) is 5.65 Å². The number of amides is 1. The van der Waals surface area contributed by atoms with Gasteiger partial charge in [-0.3, -0.25) is 4.79 Å². The minimum absolute atomic E-state index is 0.0860. The second-order valence-electron chi connectivity index (χ2n) is 12.6. The van der Waals surface area contributed by atoms with E-state index in [-0.39, 0.29) is 11.5 Å². The molecular weight excluding hydrogens is 520 g/mol. The fourth-order valence-corrected chi connectivity index (χ4v) is 8.88. The third-order valence-corrected chi connectivity index (χ3v) is 11.2. The molecule has 4 aromatic rings. The molecule has 212 valence electrons. The smallest absolute Gasteiger partial charge is 0.225 e. The number of carbonyl (C=O) groups excluding carboxylic acids is 1. The lowest BCUT2D eigenvalue weighted by molar-refractivity contribution is -0.168. The molecule has 6 heterocycles. The Morgan fingerprint density at radius 3 is 2.62 bits per heavy atom. The zero-order chi connectivity index (χ0) is 27.8. The highest BCUT2D eigenvalue weighted by Gasteiger charge is 2.50. The summed E-state index contributed by atoms with van der Waals surface area (Å²) in [6.45, 7) is 15.5. The van der Waals surface area contributed by atoms with Gasteiger partial charge in [-0.25, -0.2) is 9.50 Å². The number of thiophene rings is 1. The van der Waals surface area contributed by atoms with Crippen molar-refractivity contribution < 1.29 is 9.53 Å². The number of pyridine rings is 1. The van der Waals surface area contributed by atoms with Crippen molar-refractivity contribution in [3.63, 3.8) is 0 Å². The number of H-pyrrole nitrogens is 1. The number of nitrogens with one attached hydrogen (secondary N) is 2. The van der Waals surface area contributed by atoms with Gasteiger partial charge in [-0.1, -0.05) is 13.8 Å². The van der Waals surface area contributed by atoms with Crippen LogP contribution in [0.2, 0.25) is 0 Å². The molecule has 4 aromatic heterocycles. The third-order valence-electron chi connectivity index (χ3n) is 9.83. The summed E-state index contributed by atoms with van der Waals surface area (Å²) >= 11 is 1.92. The molecule has 2 saturated heterocycles. The quantitative estimate of drug-likeness (QED) is 0.346. The first-order valence-corrected chi connectivity index (χ1v) is 15.7. The highest BCUT2D eigenvalue weighted by Crippen LogP contribution is 2.47. The van der Waals surface area contributed by atoms with Crippen molar-refractivity contribution in [3.8, 4) is 11.3 Å². The van der Waals surface area contributed by atoms with Crippen molar-refractivity contribution in [3.05, 3.63) is 39.7 Å². The maximum Gasteiger partial charge on any atom is 0.225 e. The molecule has 7 rings (SSSR count). The number of fused-ring (bicyclic) bond motifs is 2. The molecule has 1 amide bonds. The van der Waals surface area contributed by atoms with Crippen molar-refractivity contribution >= 4 is 33.1 Å². The maximum absolute atomic E-state index is 13.3. The van der Waals surface area contributed by atoms with Crippen LogP contribution in [0.25, 0.3) is 27.1 Å². The molecule has 8 nitrogen and oxygen atoms in total. The summed E-state index contributed by atoms with van der Waals surface area (Å²) < 4.78 is 7.92. The molecule has 0 radical (unpaired) electrons. The Morgan fingerprint density at radius 1 is 1.15 bits per heavy atom. The summed E-state index contributed by atoms with van der Waals surface area (Å²) in [6.07, 6.45) is 7.57. The third kappa shape index (κ3) is 4.03. The van der Waals surface area contributed by atoms with Crippen molar-refractivity contribution in [1.82, 2.24) is 29.8 Å². The van der Waals surface area contributed by atoms with E-state index < -0.39 is 0 Å². The Bertz CT molecular complexity index is 1590. The molecule has 2 N–H and O–H groups in total. The molecule has 3 aliphatic rings. The fraction of sp³-hybridized carbons (Fsp3) is 0.581. The molecule has 1 saturated carbocycles. The van der Waals surface area contributed by atoms with Crippen LogP contribution in [0.1, 0.15) is 78.5 Å². The number of nitrogens with zero attached hydrogens (tertiary/aromatic N) is 4. The van der Waals surface area contributed by atoms with E-state index in [2.05, 4.69) is 66.1 Å². The van der Waals surface area contributed by atoms with E-state index in [1.54, 1.807) is 6.33 Å². The van der Waals surface area contributed by atoms with Gasteiger partial charge < -0.3 is 19.9 Å². The number of ether oxygens (including phenoxy) is 1. The summed E-state index contributed by atoms with van der Waals surface area (Å²) in [7, 11) is 0. The summed E-state index contributed by atoms with van der Waals surface area (Å²) in [5.74, 6) is 1.36. The Balaban J connectivity index is 1.12. The van der Waals surface area contributed by atoms with Crippen molar-refractivity contribution in [1.29, 1.82) is 0 Å².